The summed E-state index contributed by atoms with van der Waals surface area (Å²) < 4.78 is 5.68. The third kappa shape index (κ3) is 1.72. The quantitative estimate of drug-likeness (QED) is 0.222. The molecule has 23 heavy (non-hydrogen) atoms. The van der Waals surface area contributed by atoms with E-state index in [0.717, 1.165) is 26.9 Å². The van der Waals surface area contributed by atoms with Gasteiger partial charge in [-0.25, -0.2) is 4.79 Å². The Morgan fingerprint density at radius 1 is 0.565 bits per heavy atom. The van der Waals surface area contributed by atoms with E-state index in [1.54, 1.807) is 0 Å². The Balaban J connectivity index is 2.07. The summed E-state index contributed by atoms with van der Waals surface area (Å²) >= 11 is 0. The molecule has 0 aliphatic rings. The molecule has 0 aliphatic carbocycles. The SMILES string of the molecule is O=c1oc2c3cc4ccccc4cc3ccc2c2ccccc12. The lowest BCUT2D eigenvalue weighted by Crippen LogP contribution is -1.99. The van der Waals surface area contributed by atoms with Crippen LogP contribution in [0.3, 0.4) is 0 Å². The molecule has 2 nitrogen and oxygen atoms in total. The van der Waals surface area contributed by atoms with E-state index in [1.807, 2.05) is 42.5 Å². The van der Waals surface area contributed by atoms with Crippen LogP contribution in [-0.4, -0.2) is 0 Å². The minimum atomic E-state index is -0.284. The maximum Gasteiger partial charge on any atom is 0.344 e. The van der Waals surface area contributed by atoms with Gasteiger partial charge in [0.25, 0.3) is 0 Å². The minimum absolute atomic E-state index is 0.284. The second-order valence-corrected chi connectivity index (χ2v) is 5.80. The van der Waals surface area contributed by atoms with E-state index in [2.05, 4.69) is 30.3 Å². The smallest absolute Gasteiger partial charge is 0.344 e. The molecule has 0 saturated heterocycles. The zero-order valence-electron chi connectivity index (χ0n) is 12.2. The molecule has 0 spiro atoms. The van der Waals surface area contributed by atoms with Gasteiger partial charge in [0.15, 0.2) is 0 Å². The molecule has 0 N–H and O–H groups in total. The summed E-state index contributed by atoms with van der Waals surface area (Å²) in [6.45, 7) is 0. The molecule has 1 aromatic heterocycles. The maximum absolute atomic E-state index is 12.3. The first-order valence-electron chi connectivity index (χ1n) is 7.58. The highest BCUT2D eigenvalue weighted by molar-refractivity contribution is 6.16. The van der Waals surface area contributed by atoms with E-state index < -0.39 is 0 Å². The van der Waals surface area contributed by atoms with E-state index >= 15 is 0 Å². The highest BCUT2D eigenvalue weighted by atomic mass is 16.4. The predicted octanol–water partition coefficient (Wildman–Crippen LogP) is 5.25. The van der Waals surface area contributed by atoms with Crippen LogP contribution in [-0.2, 0) is 0 Å². The molecule has 0 atom stereocenters. The van der Waals surface area contributed by atoms with Gasteiger partial charge in [0.05, 0.1) is 5.39 Å². The fraction of sp³-hybridized carbons (Fsp3) is 0. The Morgan fingerprint density at radius 3 is 2.09 bits per heavy atom. The summed E-state index contributed by atoms with van der Waals surface area (Å²) in [4.78, 5) is 12.3. The zero-order chi connectivity index (χ0) is 15.4. The van der Waals surface area contributed by atoms with E-state index in [-0.39, 0.29) is 5.63 Å². The van der Waals surface area contributed by atoms with Crippen molar-refractivity contribution in [3.05, 3.63) is 83.2 Å². The fourth-order valence-corrected chi connectivity index (χ4v) is 3.35. The summed E-state index contributed by atoms with van der Waals surface area (Å²) in [7, 11) is 0. The number of benzene rings is 4. The molecule has 0 bridgehead atoms. The Kier molecular flexibility index (Phi) is 2.39. The summed E-state index contributed by atoms with van der Waals surface area (Å²) in [6, 6.07) is 24.2. The number of hydrogen-bond donors (Lipinski definition) is 0. The minimum Gasteiger partial charge on any atom is -0.422 e. The van der Waals surface area contributed by atoms with Crippen molar-refractivity contribution in [3.63, 3.8) is 0 Å². The van der Waals surface area contributed by atoms with Gasteiger partial charge in [0, 0.05) is 10.8 Å². The largest absolute Gasteiger partial charge is 0.422 e. The van der Waals surface area contributed by atoms with Gasteiger partial charge in [-0.2, -0.15) is 0 Å². The molecule has 5 aromatic rings. The standard InChI is InChI=1S/C21H12O2/c22-21-18-8-4-3-7-16(18)17-10-9-15-11-13-5-1-2-6-14(13)12-19(15)20(17)23-21/h1-12H. The van der Waals surface area contributed by atoms with Crippen molar-refractivity contribution < 1.29 is 4.42 Å². The van der Waals surface area contributed by atoms with Crippen LogP contribution in [0.25, 0.3) is 43.3 Å². The molecular formula is C21H12O2. The topological polar surface area (TPSA) is 30.2 Å². The van der Waals surface area contributed by atoms with E-state index in [9.17, 15) is 4.79 Å². The van der Waals surface area contributed by atoms with Crippen LogP contribution in [0.15, 0.2) is 82.0 Å². The summed E-state index contributed by atoms with van der Waals surface area (Å²) in [5.41, 5.74) is 0.380. The van der Waals surface area contributed by atoms with Crippen LogP contribution >= 0.6 is 0 Å². The molecule has 0 amide bonds. The lowest BCUT2D eigenvalue weighted by Gasteiger charge is -2.07. The van der Waals surface area contributed by atoms with E-state index in [1.165, 1.54) is 5.39 Å². The van der Waals surface area contributed by atoms with Gasteiger partial charge in [0.2, 0.25) is 0 Å². The molecule has 5 rings (SSSR count). The first kappa shape index (κ1) is 12.4. The number of fused-ring (bicyclic) bond motifs is 6. The lowest BCUT2D eigenvalue weighted by atomic mass is 9.99. The van der Waals surface area contributed by atoms with Gasteiger partial charge in [-0.1, -0.05) is 48.5 Å². The Bertz CT molecular complexity index is 1280. The van der Waals surface area contributed by atoms with Crippen molar-refractivity contribution in [2.45, 2.75) is 0 Å². The highest BCUT2D eigenvalue weighted by Crippen LogP contribution is 2.31. The molecule has 0 radical (unpaired) electrons. The van der Waals surface area contributed by atoms with E-state index in [0.29, 0.717) is 11.0 Å². The molecular weight excluding hydrogens is 284 g/mol. The molecule has 0 aliphatic heterocycles. The lowest BCUT2D eigenvalue weighted by molar-refractivity contribution is 0.573. The van der Waals surface area contributed by atoms with Crippen molar-refractivity contribution >= 4 is 43.3 Å². The second kappa shape index (κ2) is 4.43. The molecule has 2 heteroatoms. The van der Waals surface area contributed by atoms with Crippen LogP contribution in [0.5, 0.6) is 0 Å². The van der Waals surface area contributed by atoms with Crippen molar-refractivity contribution in [1.29, 1.82) is 0 Å². The average Bonchev–Trinajstić information content (AvgIpc) is 2.60. The van der Waals surface area contributed by atoms with Crippen LogP contribution in [0.1, 0.15) is 0 Å². The van der Waals surface area contributed by atoms with Gasteiger partial charge >= 0.3 is 5.63 Å². The van der Waals surface area contributed by atoms with Crippen LogP contribution in [0.4, 0.5) is 0 Å². The van der Waals surface area contributed by atoms with Crippen molar-refractivity contribution in [2.75, 3.05) is 0 Å². The molecule has 0 fully saturated rings. The molecule has 0 saturated carbocycles. The third-order valence-electron chi connectivity index (χ3n) is 4.47. The predicted molar refractivity (Wildman–Crippen MR) is 95.0 cm³/mol. The average molecular weight is 296 g/mol. The Morgan fingerprint density at radius 2 is 1.26 bits per heavy atom. The van der Waals surface area contributed by atoms with Gasteiger partial charge < -0.3 is 4.42 Å². The molecule has 4 aromatic carbocycles. The van der Waals surface area contributed by atoms with Crippen LogP contribution in [0.2, 0.25) is 0 Å². The zero-order valence-corrected chi connectivity index (χ0v) is 12.2. The van der Waals surface area contributed by atoms with Gasteiger partial charge in [-0.15, -0.1) is 0 Å². The van der Waals surface area contributed by atoms with Gasteiger partial charge in [-0.3, -0.25) is 0 Å². The Labute approximate surface area is 131 Å². The number of hydrogen-bond acceptors (Lipinski definition) is 2. The normalized spacial score (nSPS) is 11.7. The van der Waals surface area contributed by atoms with Crippen molar-refractivity contribution in [2.24, 2.45) is 0 Å². The molecule has 108 valence electrons. The summed E-state index contributed by atoms with van der Waals surface area (Å²) in [5, 5.41) is 6.92. The molecule has 0 unspecified atom stereocenters. The van der Waals surface area contributed by atoms with Crippen LogP contribution in [0, 0.1) is 0 Å². The summed E-state index contributed by atoms with van der Waals surface area (Å²) in [5.74, 6) is 0. The fourth-order valence-electron chi connectivity index (χ4n) is 3.35. The van der Waals surface area contributed by atoms with Gasteiger partial charge in [-0.05, 0) is 45.8 Å². The molecule has 1 heterocycles. The maximum atomic E-state index is 12.3. The van der Waals surface area contributed by atoms with Crippen molar-refractivity contribution in [3.8, 4) is 0 Å². The second-order valence-electron chi connectivity index (χ2n) is 5.80. The highest BCUT2D eigenvalue weighted by Gasteiger charge is 2.10. The number of rotatable bonds is 0. The van der Waals surface area contributed by atoms with Crippen LogP contribution < -0.4 is 5.63 Å². The van der Waals surface area contributed by atoms with E-state index in [4.69, 9.17) is 4.42 Å². The first-order chi connectivity index (χ1) is 11.3. The first-order valence-corrected chi connectivity index (χ1v) is 7.58. The Hall–Kier alpha value is -3.13. The summed E-state index contributed by atoms with van der Waals surface area (Å²) in [6.07, 6.45) is 0. The van der Waals surface area contributed by atoms with Gasteiger partial charge in [0.1, 0.15) is 5.58 Å². The monoisotopic (exact) mass is 296 g/mol. The third-order valence-corrected chi connectivity index (χ3v) is 4.47. The van der Waals surface area contributed by atoms with Crippen molar-refractivity contribution in [1.82, 2.24) is 0 Å².